The number of methoxy groups -OCH3 is 3. The summed E-state index contributed by atoms with van der Waals surface area (Å²) >= 11 is 4.22. The molecule has 5 heteroatoms. The Labute approximate surface area is 88.4 Å². The van der Waals surface area contributed by atoms with Crippen LogP contribution in [0.15, 0.2) is 11.0 Å². The minimum Gasteiger partial charge on any atom is -0.493 e. The van der Waals surface area contributed by atoms with Gasteiger partial charge in [0.05, 0.1) is 31.9 Å². The maximum absolute atomic E-state index is 5.70. The molecule has 0 unspecified atom stereocenters. The maximum atomic E-state index is 5.70. The van der Waals surface area contributed by atoms with Crippen LogP contribution in [-0.4, -0.2) is 21.3 Å². The van der Waals surface area contributed by atoms with Gasteiger partial charge >= 0.3 is 0 Å². The standard InChI is InChI=1S/C9H13NO3S/c1-11-6-4-5(10)9(14)8(13-3)7(6)12-2/h4,14H,10H2,1-3H3. The summed E-state index contributed by atoms with van der Waals surface area (Å²) in [5, 5.41) is 0. The highest BCUT2D eigenvalue weighted by molar-refractivity contribution is 7.80. The zero-order chi connectivity index (χ0) is 10.7. The molecular weight excluding hydrogens is 202 g/mol. The second-order valence-corrected chi connectivity index (χ2v) is 3.03. The van der Waals surface area contributed by atoms with Crippen molar-refractivity contribution in [1.29, 1.82) is 0 Å². The summed E-state index contributed by atoms with van der Waals surface area (Å²) in [6.07, 6.45) is 0. The van der Waals surface area contributed by atoms with Gasteiger partial charge in [-0.05, 0) is 0 Å². The van der Waals surface area contributed by atoms with Gasteiger partial charge in [0, 0.05) is 6.07 Å². The highest BCUT2D eigenvalue weighted by Crippen LogP contribution is 2.44. The van der Waals surface area contributed by atoms with Crippen LogP contribution in [0.1, 0.15) is 0 Å². The molecule has 14 heavy (non-hydrogen) atoms. The van der Waals surface area contributed by atoms with E-state index in [9.17, 15) is 0 Å². The minimum absolute atomic E-state index is 0.479. The molecule has 0 saturated heterocycles. The molecule has 0 atom stereocenters. The van der Waals surface area contributed by atoms with E-state index < -0.39 is 0 Å². The molecule has 0 amide bonds. The van der Waals surface area contributed by atoms with E-state index in [4.69, 9.17) is 19.9 Å². The molecule has 0 aliphatic rings. The van der Waals surface area contributed by atoms with E-state index in [1.807, 2.05) is 0 Å². The van der Waals surface area contributed by atoms with Crippen LogP contribution in [0.25, 0.3) is 0 Å². The van der Waals surface area contributed by atoms with Crippen molar-refractivity contribution in [1.82, 2.24) is 0 Å². The third-order valence-electron chi connectivity index (χ3n) is 1.83. The molecule has 0 aromatic heterocycles. The topological polar surface area (TPSA) is 53.7 Å². The molecule has 0 heterocycles. The van der Waals surface area contributed by atoms with Crippen molar-refractivity contribution in [2.24, 2.45) is 0 Å². The Hall–Kier alpha value is -1.23. The SMILES string of the molecule is COc1cc(N)c(S)c(OC)c1OC. The van der Waals surface area contributed by atoms with Crippen molar-refractivity contribution in [3.63, 3.8) is 0 Å². The summed E-state index contributed by atoms with van der Waals surface area (Å²) in [6.45, 7) is 0. The summed E-state index contributed by atoms with van der Waals surface area (Å²) in [6, 6.07) is 1.64. The van der Waals surface area contributed by atoms with E-state index in [-0.39, 0.29) is 0 Å². The molecule has 4 nitrogen and oxygen atoms in total. The number of rotatable bonds is 3. The predicted molar refractivity (Wildman–Crippen MR) is 57.8 cm³/mol. The van der Waals surface area contributed by atoms with Gasteiger partial charge < -0.3 is 19.9 Å². The smallest absolute Gasteiger partial charge is 0.204 e. The first-order valence-corrected chi connectivity index (χ1v) is 4.37. The molecule has 78 valence electrons. The number of benzene rings is 1. The molecule has 2 N–H and O–H groups in total. The predicted octanol–water partition coefficient (Wildman–Crippen LogP) is 1.58. The second-order valence-electron chi connectivity index (χ2n) is 2.58. The normalized spacial score (nSPS) is 9.71. The van der Waals surface area contributed by atoms with Crippen molar-refractivity contribution < 1.29 is 14.2 Å². The molecule has 1 rings (SSSR count). The number of hydrogen-bond acceptors (Lipinski definition) is 5. The monoisotopic (exact) mass is 215 g/mol. The fraction of sp³-hybridized carbons (Fsp3) is 0.333. The average molecular weight is 215 g/mol. The third kappa shape index (κ3) is 1.68. The van der Waals surface area contributed by atoms with Crippen molar-refractivity contribution >= 4 is 18.3 Å². The van der Waals surface area contributed by atoms with Crippen LogP contribution in [-0.2, 0) is 0 Å². The Morgan fingerprint density at radius 2 is 1.64 bits per heavy atom. The first kappa shape index (κ1) is 10.8. The van der Waals surface area contributed by atoms with Gasteiger partial charge in [-0.2, -0.15) is 0 Å². The van der Waals surface area contributed by atoms with Gasteiger partial charge in [0.25, 0.3) is 0 Å². The van der Waals surface area contributed by atoms with Gasteiger partial charge in [-0.3, -0.25) is 0 Å². The second kappa shape index (κ2) is 4.32. The summed E-state index contributed by atoms with van der Waals surface area (Å²) in [4.78, 5) is 0.546. The number of thiol groups is 1. The average Bonchev–Trinajstić information content (AvgIpc) is 2.20. The first-order valence-electron chi connectivity index (χ1n) is 3.93. The molecular formula is C9H13NO3S. The molecule has 0 aliphatic carbocycles. The van der Waals surface area contributed by atoms with Crippen LogP contribution >= 0.6 is 12.6 Å². The zero-order valence-electron chi connectivity index (χ0n) is 8.33. The van der Waals surface area contributed by atoms with Gasteiger partial charge in [-0.25, -0.2) is 0 Å². The lowest BCUT2D eigenvalue weighted by Crippen LogP contribution is -1.98. The fourth-order valence-electron chi connectivity index (χ4n) is 1.16. The van der Waals surface area contributed by atoms with E-state index in [1.165, 1.54) is 21.3 Å². The number of nitrogen functional groups attached to an aromatic ring is 1. The van der Waals surface area contributed by atoms with Crippen LogP contribution < -0.4 is 19.9 Å². The van der Waals surface area contributed by atoms with Crippen LogP contribution in [0.3, 0.4) is 0 Å². The quantitative estimate of drug-likeness (QED) is 0.594. The number of anilines is 1. The van der Waals surface area contributed by atoms with Crippen LogP contribution in [0, 0.1) is 0 Å². The summed E-state index contributed by atoms with van der Waals surface area (Å²) < 4.78 is 15.4. The van der Waals surface area contributed by atoms with Crippen molar-refractivity contribution in [2.75, 3.05) is 27.1 Å². The van der Waals surface area contributed by atoms with Crippen LogP contribution in [0.2, 0.25) is 0 Å². The van der Waals surface area contributed by atoms with Crippen LogP contribution in [0.4, 0.5) is 5.69 Å². The Morgan fingerprint density at radius 1 is 1.07 bits per heavy atom. The number of ether oxygens (including phenoxy) is 3. The first-order chi connectivity index (χ1) is 6.65. The fourth-order valence-corrected chi connectivity index (χ4v) is 1.42. The minimum atomic E-state index is 0.479. The Bertz CT molecular complexity index is 341. The number of hydrogen-bond donors (Lipinski definition) is 2. The van der Waals surface area contributed by atoms with E-state index in [0.717, 1.165) is 0 Å². The Morgan fingerprint density at radius 3 is 2.07 bits per heavy atom. The third-order valence-corrected chi connectivity index (χ3v) is 2.29. The highest BCUT2D eigenvalue weighted by atomic mass is 32.1. The summed E-state index contributed by atoms with van der Waals surface area (Å²) in [5.74, 6) is 1.50. The maximum Gasteiger partial charge on any atom is 0.204 e. The van der Waals surface area contributed by atoms with Gasteiger partial charge in [0.2, 0.25) is 5.75 Å². The van der Waals surface area contributed by atoms with Crippen molar-refractivity contribution in [3.05, 3.63) is 6.07 Å². The molecule has 1 aromatic carbocycles. The summed E-state index contributed by atoms with van der Waals surface area (Å²) in [7, 11) is 4.59. The van der Waals surface area contributed by atoms with Crippen molar-refractivity contribution in [3.8, 4) is 17.2 Å². The Balaban J connectivity index is 3.42. The molecule has 0 spiro atoms. The number of nitrogens with two attached hydrogens (primary N) is 1. The lowest BCUT2D eigenvalue weighted by atomic mass is 10.2. The molecule has 0 bridgehead atoms. The summed E-state index contributed by atoms with van der Waals surface area (Å²) in [5.41, 5.74) is 6.19. The van der Waals surface area contributed by atoms with E-state index >= 15 is 0 Å². The molecule has 0 aliphatic heterocycles. The van der Waals surface area contributed by atoms with E-state index in [1.54, 1.807) is 6.07 Å². The molecule has 0 radical (unpaired) electrons. The lowest BCUT2D eigenvalue weighted by Gasteiger charge is -2.14. The van der Waals surface area contributed by atoms with Gasteiger partial charge in [0.15, 0.2) is 11.5 Å². The van der Waals surface area contributed by atoms with Crippen molar-refractivity contribution in [2.45, 2.75) is 4.90 Å². The van der Waals surface area contributed by atoms with E-state index in [2.05, 4.69) is 12.6 Å². The van der Waals surface area contributed by atoms with E-state index in [0.29, 0.717) is 27.8 Å². The lowest BCUT2D eigenvalue weighted by molar-refractivity contribution is 0.320. The van der Waals surface area contributed by atoms with Gasteiger partial charge in [0.1, 0.15) is 0 Å². The molecule has 0 saturated carbocycles. The Kier molecular flexibility index (Phi) is 3.35. The zero-order valence-corrected chi connectivity index (χ0v) is 9.22. The van der Waals surface area contributed by atoms with Gasteiger partial charge in [-0.1, -0.05) is 0 Å². The largest absolute Gasteiger partial charge is 0.493 e. The molecule has 0 fully saturated rings. The molecule has 1 aromatic rings. The highest BCUT2D eigenvalue weighted by Gasteiger charge is 2.16. The van der Waals surface area contributed by atoms with Crippen LogP contribution in [0.5, 0.6) is 17.2 Å². The van der Waals surface area contributed by atoms with Gasteiger partial charge in [-0.15, -0.1) is 12.6 Å².